The van der Waals surface area contributed by atoms with Gasteiger partial charge in [-0.05, 0) is 56.7 Å². The molecule has 2 heterocycles. The highest BCUT2D eigenvalue weighted by atomic mass is 16.5. The molecule has 1 aliphatic heterocycles. The van der Waals surface area contributed by atoms with Crippen LogP contribution in [-0.4, -0.2) is 99.7 Å². The van der Waals surface area contributed by atoms with Crippen LogP contribution in [0.25, 0.3) is 0 Å². The summed E-state index contributed by atoms with van der Waals surface area (Å²) in [6.07, 6.45) is 3.99. The van der Waals surface area contributed by atoms with Crippen LogP contribution in [0, 0.1) is 0 Å². The molecule has 0 fully saturated rings. The van der Waals surface area contributed by atoms with Crippen molar-refractivity contribution < 1.29 is 23.9 Å². The molecule has 12 heteroatoms. The number of benzene rings is 1. The van der Waals surface area contributed by atoms with E-state index in [1.165, 1.54) is 7.11 Å². The summed E-state index contributed by atoms with van der Waals surface area (Å²) >= 11 is 0. The van der Waals surface area contributed by atoms with E-state index in [1.807, 2.05) is 31.1 Å². The van der Waals surface area contributed by atoms with Gasteiger partial charge in [0, 0.05) is 65.5 Å². The van der Waals surface area contributed by atoms with Gasteiger partial charge in [-0.1, -0.05) is 13.0 Å². The van der Waals surface area contributed by atoms with Crippen molar-refractivity contribution in [1.82, 2.24) is 25.5 Å². The molecule has 0 unspecified atom stereocenters. The number of anilines is 2. The van der Waals surface area contributed by atoms with E-state index in [0.29, 0.717) is 49.9 Å². The van der Waals surface area contributed by atoms with Crippen LogP contribution in [0.1, 0.15) is 50.8 Å². The van der Waals surface area contributed by atoms with E-state index in [1.54, 1.807) is 31.0 Å². The van der Waals surface area contributed by atoms with Gasteiger partial charge in [0.05, 0.1) is 7.11 Å². The zero-order chi connectivity index (χ0) is 31.4. The van der Waals surface area contributed by atoms with Crippen LogP contribution < -0.4 is 29.9 Å². The zero-order valence-electron chi connectivity index (χ0n) is 26.4. The molecule has 43 heavy (non-hydrogen) atoms. The summed E-state index contributed by atoms with van der Waals surface area (Å²) in [6.45, 7) is 6.03. The van der Waals surface area contributed by atoms with E-state index in [0.717, 1.165) is 49.3 Å². The van der Waals surface area contributed by atoms with Gasteiger partial charge < -0.3 is 34.8 Å². The number of methoxy groups -OCH3 is 1. The van der Waals surface area contributed by atoms with Crippen LogP contribution in [0.2, 0.25) is 0 Å². The summed E-state index contributed by atoms with van der Waals surface area (Å²) < 4.78 is 11.1. The maximum atomic E-state index is 12.9. The highest BCUT2D eigenvalue weighted by Crippen LogP contribution is 2.28. The standard InChI is InChI=1S/C31H47N7O5/c1-7-24-20-27(35-31(34-24)36(3)4)38-17-9-8-16-37(5)30(41)22(2)33-29(40)21-43-26-19-23(11-13-25(26)42-6)12-14-28(39)32-15-10-18-38/h11,13,19-20,22H,7-10,12,14-18,21H2,1-6H3,(H,32,39)(H,33,40)/t22-/m0/s1. The number of fused-ring (bicyclic) bond motifs is 2. The molecule has 1 atom stereocenters. The fraction of sp³-hybridized carbons (Fsp3) is 0.581. The van der Waals surface area contributed by atoms with Crippen molar-refractivity contribution in [3.05, 3.63) is 35.5 Å². The minimum absolute atomic E-state index is 0.0294. The van der Waals surface area contributed by atoms with Crippen molar-refractivity contribution in [1.29, 1.82) is 0 Å². The Morgan fingerprint density at radius 1 is 1.02 bits per heavy atom. The van der Waals surface area contributed by atoms with E-state index in [4.69, 9.17) is 14.5 Å². The molecule has 2 bridgehead atoms. The number of hydrogen-bond acceptors (Lipinski definition) is 9. The molecule has 0 saturated heterocycles. The van der Waals surface area contributed by atoms with Crippen LogP contribution in [0.3, 0.4) is 0 Å². The van der Waals surface area contributed by atoms with Gasteiger partial charge in [-0.3, -0.25) is 14.4 Å². The summed E-state index contributed by atoms with van der Waals surface area (Å²) in [7, 11) is 7.13. The highest BCUT2D eigenvalue weighted by Gasteiger charge is 2.20. The molecule has 1 aromatic heterocycles. The average molecular weight is 598 g/mol. The Labute approximate surface area is 255 Å². The van der Waals surface area contributed by atoms with Gasteiger partial charge in [0.15, 0.2) is 18.1 Å². The van der Waals surface area contributed by atoms with Crippen LogP contribution in [-0.2, 0) is 27.2 Å². The lowest BCUT2D eigenvalue weighted by Gasteiger charge is -2.26. The van der Waals surface area contributed by atoms with Gasteiger partial charge in [0.1, 0.15) is 11.9 Å². The molecule has 3 rings (SSSR count). The van der Waals surface area contributed by atoms with Gasteiger partial charge in [-0.2, -0.15) is 4.98 Å². The van der Waals surface area contributed by atoms with Gasteiger partial charge in [-0.25, -0.2) is 4.98 Å². The lowest BCUT2D eigenvalue weighted by atomic mass is 10.1. The Bertz CT molecular complexity index is 1240. The molecular formula is C31H47N7O5. The summed E-state index contributed by atoms with van der Waals surface area (Å²) in [4.78, 5) is 53.4. The normalized spacial score (nSPS) is 18.5. The van der Waals surface area contributed by atoms with E-state index in [-0.39, 0.29) is 18.4 Å². The third-order valence-electron chi connectivity index (χ3n) is 7.29. The number of aryl methyl sites for hydroxylation is 2. The van der Waals surface area contributed by atoms with Crippen LogP contribution in [0.15, 0.2) is 24.3 Å². The van der Waals surface area contributed by atoms with Crippen molar-refractivity contribution >= 4 is 29.5 Å². The molecule has 1 aliphatic rings. The predicted octanol–water partition coefficient (Wildman–Crippen LogP) is 2.19. The highest BCUT2D eigenvalue weighted by molar-refractivity contribution is 5.87. The predicted molar refractivity (Wildman–Crippen MR) is 167 cm³/mol. The molecule has 2 aromatic rings. The number of rotatable bonds is 4. The number of likely N-dealkylation sites (N-methyl/N-ethyl adjacent to an activating group) is 1. The minimum Gasteiger partial charge on any atom is -0.493 e. The lowest BCUT2D eigenvalue weighted by Crippen LogP contribution is -2.47. The summed E-state index contributed by atoms with van der Waals surface area (Å²) in [6, 6.07) is 6.75. The number of nitrogens with zero attached hydrogens (tertiary/aromatic N) is 5. The molecular weight excluding hydrogens is 550 g/mol. The number of amides is 3. The summed E-state index contributed by atoms with van der Waals surface area (Å²) in [5, 5.41) is 5.76. The van der Waals surface area contributed by atoms with Crippen LogP contribution >= 0.6 is 0 Å². The molecule has 2 N–H and O–H groups in total. The third kappa shape index (κ3) is 10.3. The molecule has 0 aliphatic carbocycles. The van der Waals surface area contributed by atoms with Gasteiger partial charge in [0.2, 0.25) is 17.8 Å². The monoisotopic (exact) mass is 597 g/mol. The fourth-order valence-electron chi connectivity index (χ4n) is 4.77. The van der Waals surface area contributed by atoms with Crippen LogP contribution in [0.4, 0.5) is 11.8 Å². The topological polar surface area (TPSA) is 129 Å². The molecule has 1 aromatic carbocycles. The first-order chi connectivity index (χ1) is 20.6. The molecule has 3 amide bonds. The largest absolute Gasteiger partial charge is 0.493 e. The Balaban J connectivity index is 1.77. The first-order valence-corrected chi connectivity index (χ1v) is 15.0. The van der Waals surface area contributed by atoms with Crippen molar-refractivity contribution in [2.75, 3.05) is 70.8 Å². The average Bonchev–Trinajstić information content (AvgIpc) is 3.00. The molecule has 0 spiro atoms. The quantitative estimate of drug-likeness (QED) is 0.545. The zero-order valence-corrected chi connectivity index (χ0v) is 26.4. The first-order valence-electron chi connectivity index (χ1n) is 15.0. The summed E-state index contributed by atoms with van der Waals surface area (Å²) in [5.41, 5.74) is 1.85. The first kappa shape index (κ1) is 33.4. The number of aromatic nitrogens is 2. The van der Waals surface area contributed by atoms with Gasteiger partial charge in [-0.15, -0.1) is 0 Å². The molecule has 0 saturated carbocycles. The smallest absolute Gasteiger partial charge is 0.258 e. The number of hydrogen-bond donors (Lipinski definition) is 2. The molecule has 12 nitrogen and oxygen atoms in total. The second-order valence-corrected chi connectivity index (χ2v) is 11.0. The Morgan fingerprint density at radius 2 is 1.77 bits per heavy atom. The Kier molecular flexibility index (Phi) is 12.8. The number of carbonyl (C=O) groups excluding carboxylic acids is 3. The van der Waals surface area contributed by atoms with Crippen LogP contribution in [0.5, 0.6) is 11.5 Å². The Morgan fingerprint density at radius 3 is 2.49 bits per heavy atom. The van der Waals surface area contributed by atoms with E-state index < -0.39 is 11.9 Å². The van der Waals surface area contributed by atoms with Crippen molar-refractivity contribution in [3.63, 3.8) is 0 Å². The van der Waals surface area contributed by atoms with Crippen molar-refractivity contribution in [2.45, 2.75) is 58.4 Å². The second-order valence-electron chi connectivity index (χ2n) is 11.0. The molecule has 236 valence electrons. The number of carbonyl (C=O) groups is 3. The van der Waals surface area contributed by atoms with Crippen molar-refractivity contribution in [3.8, 4) is 11.5 Å². The maximum absolute atomic E-state index is 12.9. The number of nitrogens with one attached hydrogen (secondary N) is 2. The maximum Gasteiger partial charge on any atom is 0.258 e. The third-order valence-corrected chi connectivity index (χ3v) is 7.29. The van der Waals surface area contributed by atoms with E-state index in [9.17, 15) is 14.4 Å². The SMILES string of the molecule is CCc1cc(N2CCCCN(C)C(=O)[C@H](C)NC(=O)COc3cc(ccc3OC)CCC(=O)NCCC2)nc(N(C)C)n1. The van der Waals surface area contributed by atoms with E-state index in [2.05, 4.69) is 27.4 Å². The minimum atomic E-state index is -0.694. The molecule has 0 radical (unpaired) electrons. The second kappa shape index (κ2) is 16.5. The number of ether oxygens (including phenoxy) is 2. The Hall–Kier alpha value is -4.09. The van der Waals surface area contributed by atoms with Gasteiger partial charge >= 0.3 is 0 Å². The fourth-order valence-corrected chi connectivity index (χ4v) is 4.77. The van der Waals surface area contributed by atoms with Gasteiger partial charge in [0.25, 0.3) is 5.91 Å². The lowest BCUT2D eigenvalue weighted by molar-refractivity contribution is -0.135. The van der Waals surface area contributed by atoms with E-state index >= 15 is 0 Å². The summed E-state index contributed by atoms with van der Waals surface area (Å²) in [5.74, 6) is 1.80. The van der Waals surface area contributed by atoms with Crippen molar-refractivity contribution in [2.24, 2.45) is 0 Å².